The van der Waals surface area contributed by atoms with Gasteiger partial charge in [-0.05, 0) is 18.1 Å². The van der Waals surface area contributed by atoms with Crippen LogP contribution in [0, 0.1) is 10.1 Å². The zero-order chi connectivity index (χ0) is 22.2. The molecule has 3 N–H and O–H groups in total. The van der Waals surface area contributed by atoms with E-state index in [9.17, 15) is 25.4 Å². The van der Waals surface area contributed by atoms with E-state index in [1.807, 2.05) is 0 Å². The van der Waals surface area contributed by atoms with Gasteiger partial charge in [-0.2, -0.15) is 0 Å². The number of hydrogen-bond donors (Lipinski definition) is 3. The van der Waals surface area contributed by atoms with Crippen LogP contribution in [0.1, 0.15) is 18.1 Å². The number of hydrogen-bond acceptors (Lipinski definition) is 8. The fourth-order valence-electron chi connectivity index (χ4n) is 5.06. The second kappa shape index (κ2) is 8.18. The molecule has 2 unspecified atom stereocenters. The van der Waals surface area contributed by atoms with E-state index in [1.165, 1.54) is 6.92 Å². The van der Waals surface area contributed by atoms with Crippen molar-refractivity contribution in [3.8, 4) is 0 Å². The zero-order valence-electron chi connectivity index (χ0n) is 16.9. The van der Waals surface area contributed by atoms with E-state index >= 15 is 0 Å². The van der Waals surface area contributed by atoms with Crippen LogP contribution in [0.4, 0.5) is 0 Å². The molecule has 0 bridgehead atoms. The van der Waals surface area contributed by atoms with Crippen LogP contribution < -0.4 is 0 Å². The van der Waals surface area contributed by atoms with Crippen LogP contribution in [0.3, 0.4) is 0 Å². The summed E-state index contributed by atoms with van der Waals surface area (Å²) in [6.07, 6.45) is -5.58. The topological polar surface area (TPSA) is 132 Å². The fraction of sp³-hybridized carbons (Fsp3) is 0.455. The highest BCUT2D eigenvalue weighted by Crippen LogP contribution is 2.53. The van der Waals surface area contributed by atoms with Gasteiger partial charge in [0.15, 0.2) is 0 Å². The Morgan fingerprint density at radius 1 is 1.13 bits per heavy atom. The smallest absolute Gasteiger partial charge is 0.294 e. The lowest BCUT2D eigenvalue weighted by atomic mass is 9.57. The van der Waals surface area contributed by atoms with Crippen LogP contribution in [-0.2, 0) is 19.7 Å². The molecule has 2 aliphatic heterocycles. The monoisotopic (exact) mass is 431 g/mol. The normalized spacial score (nSPS) is 29.9. The largest absolute Gasteiger partial charge is 0.389 e. The molecule has 9 nitrogen and oxygen atoms in total. The molecule has 0 aromatic heterocycles. The lowest BCUT2D eigenvalue weighted by molar-refractivity contribution is -0.770. The number of benzene rings is 2. The van der Waals surface area contributed by atoms with E-state index in [0.29, 0.717) is 11.1 Å². The summed E-state index contributed by atoms with van der Waals surface area (Å²) in [5.74, 6) is 0. The van der Waals surface area contributed by atoms with Gasteiger partial charge in [0.25, 0.3) is 5.09 Å². The molecule has 6 atom stereocenters. The van der Waals surface area contributed by atoms with E-state index in [1.54, 1.807) is 60.7 Å². The molecule has 2 fully saturated rings. The maximum Gasteiger partial charge on any atom is 0.294 e. The first-order valence-electron chi connectivity index (χ1n) is 10.1. The minimum absolute atomic E-state index is 0.0334. The van der Waals surface area contributed by atoms with Crippen molar-refractivity contribution in [2.75, 3.05) is 13.2 Å². The second-order valence-electron chi connectivity index (χ2n) is 8.04. The summed E-state index contributed by atoms with van der Waals surface area (Å²) in [5, 5.41) is 44.2. The third kappa shape index (κ3) is 3.29. The molecule has 2 aromatic rings. The Labute approximate surface area is 178 Å². The zero-order valence-corrected chi connectivity index (χ0v) is 16.9. The predicted molar refractivity (Wildman–Crippen MR) is 108 cm³/mol. The Morgan fingerprint density at radius 3 is 2.19 bits per heavy atom. The van der Waals surface area contributed by atoms with Crippen LogP contribution in [-0.4, -0.2) is 69.7 Å². The standard InChI is InChI=1S/C22H25NO8/c1-14(31-23(27)28)19(25)22(15-8-4-2-5-9-15,16-10-6-3-7-11-16)21(26)13-30-18-17(24)12-29-20(18)21/h2-11,14,17-20,24-26H,12-13H2,1H3/t14?,17-,18+,19?,20-,21-/m0/s1. The molecule has 4 rings (SSSR count). The molecule has 166 valence electrons. The number of fused-ring (bicyclic) bond motifs is 1. The number of aliphatic hydroxyl groups excluding tert-OH is 2. The summed E-state index contributed by atoms with van der Waals surface area (Å²) in [4.78, 5) is 15.8. The van der Waals surface area contributed by atoms with Crippen LogP contribution in [0.15, 0.2) is 60.7 Å². The maximum atomic E-state index is 12.2. The third-order valence-electron chi connectivity index (χ3n) is 6.37. The molecule has 0 saturated carbocycles. The summed E-state index contributed by atoms with van der Waals surface area (Å²) >= 11 is 0. The second-order valence-corrected chi connectivity index (χ2v) is 8.04. The van der Waals surface area contributed by atoms with Crippen molar-refractivity contribution < 1.29 is 34.7 Å². The van der Waals surface area contributed by atoms with Crippen molar-refractivity contribution in [3.63, 3.8) is 0 Å². The van der Waals surface area contributed by atoms with Gasteiger partial charge in [-0.3, -0.25) is 0 Å². The number of nitrogens with zero attached hydrogens (tertiary/aromatic N) is 1. The van der Waals surface area contributed by atoms with Gasteiger partial charge in [-0.1, -0.05) is 60.7 Å². The first kappa shape index (κ1) is 21.7. The summed E-state index contributed by atoms with van der Waals surface area (Å²) in [7, 11) is 0. The Morgan fingerprint density at radius 2 is 1.68 bits per heavy atom. The summed E-state index contributed by atoms with van der Waals surface area (Å²) in [5.41, 5.74) is -2.49. The lowest BCUT2D eigenvalue weighted by Gasteiger charge is -2.51. The highest BCUT2D eigenvalue weighted by atomic mass is 17.0. The van der Waals surface area contributed by atoms with Crippen molar-refractivity contribution in [2.24, 2.45) is 0 Å². The molecule has 0 radical (unpaired) electrons. The van der Waals surface area contributed by atoms with E-state index in [4.69, 9.17) is 14.3 Å². The first-order valence-corrected chi connectivity index (χ1v) is 10.1. The highest BCUT2D eigenvalue weighted by molar-refractivity contribution is 5.47. The van der Waals surface area contributed by atoms with Crippen molar-refractivity contribution in [3.05, 3.63) is 81.9 Å². The van der Waals surface area contributed by atoms with Gasteiger partial charge in [0.1, 0.15) is 30.0 Å². The van der Waals surface area contributed by atoms with Gasteiger partial charge in [0, 0.05) is 0 Å². The SMILES string of the molecule is CC(O[N+](=O)[O-])C(O)C(c1ccccc1)(c1ccccc1)[C@]1(O)CO[C@@H]2[C@@H](O)CO[C@@H]21. The number of rotatable bonds is 7. The maximum absolute atomic E-state index is 12.2. The minimum atomic E-state index is -1.87. The fourth-order valence-corrected chi connectivity index (χ4v) is 5.06. The van der Waals surface area contributed by atoms with Crippen molar-refractivity contribution in [1.82, 2.24) is 0 Å². The lowest BCUT2D eigenvalue weighted by Crippen LogP contribution is -2.67. The Kier molecular flexibility index (Phi) is 5.71. The van der Waals surface area contributed by atoms with E-state index in [2.05, 4.69) is 0 Å². The van der Waals surface area contributed by atoms with Crippen molar-refractivity contribution in [2.45, 2.75) is 48.5 Å². The molecule has 2 heterocycles. The van der Waals surface area contributed by atoms with Crippen LogP contribution in [0.25, 0.3) is 0 Å². The average molecular weight is 431 g/mol. The summed E-state index contributed by atoms with van der Waals surface area (Å²) < 4.78 is 11.5. The van der Waals surface area contributed by atoms with Crippen molar-refractivity contribution >= 4 is 0 Å². The van der Waals surface area contributed by atoms with Crippen LogP contribution in [0.2, 0.25) is 0 Å². The van der Waals surface area contributed by atoms with Gasteiger partial charge in [0.2, 0.25) is 0 Å². The molecule has 2 aromatic carbocycles. The van der Waals surface area contributed by atoms with Gasteiger partial charge in [-0.25, -0.2) is 0 Å². The minimum Gasteiger partial charge on any atom is -0.389 e. The summed E-state index contributed by atoms with van der Waals surface area (Å²) in [6, 6.07) is 17.5. The van der Waals surface area contributed by atoms with E-state index < -0.39 is 46.6 Å². The molecular weight excluding hydrogens is 406 g/mol. The number of ether oxygens (including phenoxy) is 2. The molecule has 31 heavy (non-hydrogen) atoms. The van der Waals surface area contributed by atoms with Crippen molar-refractivity contribution in [1.29, 1.82) is 0 Å². The van der Waals surface area contributed by atoms with Gasteiger partial charge < -0.3 is 29.6 Å². The Balaban J connectivity index is 1.98. The highest BCUT2D eigenvalue weighted by Gasteiger charge is 2.69. The Bertz CT molecular complexity index is 871. The van der Waals surface area contributed by atoms with Gasteiger partial charge in [0.05, 0.1) is 24.7 Å². The third-order valence-corrected chi connectivity index (χ3v) is 6.37. The average Bonchev–Trinajstić information content (AvgIpc) is 3.31. The van der Waals surface area contributed by atoms with Gasteiger partial charge >= 0.3 is 0 Å². The predicted octanol–water partition coefficient (Wildman–Crippen LogP) is 0.820. The Hall–Kier alpha value is -2.56. The van der Waals surface area contributed by atoms with E-state index in [-0.39, 0.29) is 13.2 Å². The molecular formula is C22H25NO8. The molecule has 2 aliphatic rings. The van der Waals surface area contributed by atoms with Gasteiger partial charge in [-0.15, -0.1) is 10.1 Å². The quantitative estimate of drug-likeness (QED) is 0.434. The number of aliphatic hydroxyl groups is 3. The van der Waals surface area contributed by atoms with Crippen LogP contribution in [0.5, 0.6) is 0 Å². The molecule has 0 amide bonds. The molecule has 2 saturated heterocycles. The molecule has 0 aliphatic carbocycles. The first-order chi connectivity index (χ1) is 14.8. The summed E-state index contributed by atoms with van der Waals surface area (Å²) in [6.45, 7) is 1.08. The van der Waals surface area contributed by atoms with E-state index in [0.717, 1.165) is 0 Å². The molecule has 0 spiro atoms. The van der Waals surface area contributed by atoms with Crippen LogP contribution >= 0.6 is 0 Å². The molecule has 9 heteroatoms.